The fraction of sp³-hybridized carbons (Fsp3) is 0.522. The van der Waals surface area contributed by atoms with Crippen molar-refractivity contribution in [3.05, 3.63) is 47.7 Å². The number of likely N-dealkylation sites (N-methyl/N-ethyl adjacent to an activating group) is 1. The summed E-state index contributed by atoms with van der Waals surface area (Å²) in [5.74, 6) is 1.11. The van der Waals surface area contributed by atoms with Gasteiger partial charge >= 0.3 is 0 Å². The summed E-state index contributed by atoms with van der Waals surface area (Å²) in [4.78, 5) is 6.93. The van der Waals surface area contributed by atoms with Crippen molar-refractivity contribution in [2.45, 2.75) is 56.9 Å². The van der Waals surface area contributed by atoms with Crippen LogP contribution in [-0.2, 0) is 11.8 Å². The second-order valence-electron chi connectivity index (χ2n) is 9.02. The van der Waals surface area contributed by atoms with Crippen LogP contribution in [0.5, 0.6) is 5.75 Å². The van der Waals surface area contributed by atoms with Gasteiger partial charge < -0.3 is 15.3 Å². The van der Waals surface area contributed by atoms with E-state index in [1.165, 1.54) is 43.2 Å². The van der Waals surface area contributed by atoms with Crippen LogP contribution in [0.25, 0.3) is 0 Å². The standard InChI is InChI=1S/C23H29N3O/c1-22-8-4-5-9-23(22)10-12-26(2)20(22)14-16-13-18(19(27)15-17(16)23)25-21-7-3-6-11-24-21/h3,6-7,11,13,15,20,27H,4-5,8-10,12,14H2,1-2H3,(H,24,25)/t20-,22+,23+/m0/s1. The van der Waals surface area contributed by atoms with Gasteiger partial charge in [-0.3, -0.25) is 0 Å². The van der Waals surface area contributed by atoms with Gasteiger partial charge in [-0.1, -0.05) is 25.8 Å². The summed E-state index contributed by atoms with van der Waals surface area (Å²) in [7, 11) is 2.30. The number of anilines is 2. The van der Waals surface area contributed by atoms with Gasteiger partial charge in [0.1, 0.15) is 11.6 Å². The van der Waals surface area contributed by atoms with Crippen LogP contribution in [0.15, 0.2) is 36.5 Å². The Balaban J connectivity index is 1.62. The highest BCUT2D eigenvalue weighted by Gasteiger charge is 2.60. The van der Waals surface area contributed by atoms with Crippen LogP contribution in [0.3, 0.4) is 0 Å². The Kier molecular flexibility index (Phi) is 3.77. The van der Waals surface area contributed by atoms with Gasteiger partial charge in [0, 0.05) is 17.7 Å². The minimum Gasteiger partial charge on any atom is -0.506 e. The molecule has 2 N–H and O–H groups in total. The van der Waals surface area contributed by atoms with E-state index in [0.29, 0.717) is 17.2 Å². The normalized spacial score (nSPS) is 32.4. The number of aromatic hydroxyl groups is 1. The Morgan fingerprint density at radius 3 is 2.85 bits per heavy atom. The lowest BCUT2D eigenvalue weighted by Crippen LogP contribution is -2.66. The molecule has 0 spiro atoms. The summed E-state index contributed by atoms with van der Waals surface area (Å²) in [6.07, 6.45) is 9.24. The molecule has 2 bridgehead atoms. The third-order valence-corrected chi connectivity index (χ3v) is 7.88. The molecule has 1 aliphatic heterocycles. The maximum absolute atomic E-state index is 10.8. The van der Waals surface area contributed by atoms with Crippen molar-refractivity contribution in [2.24, 2.45) is 5.41 Å². The maximum atomic E-state index is 10.8. The average Bonchev–Trinajstić information content (AvgIpc) is 2.67. The Morgan fingerprint density at radius 1 is 1.19 bits per heavy atom. The summed E-state index contributed by atoms with van der Waals surface area (Å²) >= 11 is 0. The van der Waals surface area contributed by atoms with Gasteiger partial charge in [0.2, 0.25) is 0 Å². The van der Waals surface area contributed by atoms with Crippen molar-refractivity contribution in [3.63, 3.8) is 0 Å². The lowest BCUT2D eigenvalue weighted by atomic mass is 9.45. The summed E-state index contributed by atoms with van der Waals surface area (Å²) in [6, 6.07) is 10.6. The van der Waals surface area contributed by atoms with Gasteiger partial charge in [-0.25, -0.2) is 4.98 Å². The van der Waals surface area contributed by atoms with Crippen molar-refractivity contribution in [1.29, 1.82) is 0 Å². The zero-order valence-electron chi connectivity index (χ0n) is 16.3. The number of phenols is 1. The highest BCUT2D eigenvalue weighted by Crippen LogP contribution is 2.63. The molecule has 2 aromatic rings. The van der Waals surface area contributed by atoms with Crippen LogP contribution in [0, 0.1) is 5.41 Å². The first kappa shape index (κ1) is 17.1. The second kappa shape index (κ2) is 5.96. The van der Waals surface area contributed by atoms with E-state index in [9.17, 15) is 5.11 Å². The predicted molar refractivity (Wildman–Crippen MR) is 109 cm³/mol. The van der Waals surface area contributed by atoms with Crippen molar-refractivity contribution in [3.8, 4) is 5.75 Å². The lowest BCUT2D eigenvalue weighted by molar-refractivity contribution is -0.0735. The number of nitrogens with one attached hydrogen (secondary N) is 1. The topological polar surface area (TPSA) is 48.4 Å². The summed E-state index contributed by atoms with van der Waals surface area (Å²) < 4.78 is 0. The monoisotopic (exact) mass is 363 g/mol. The molecule has 3 atom stereocenters. The predicted octanol–water partition coefficient (Wildman–Crippen LogP) is 4.61. The summed E-state index contributed by atoms with van der Waals surface area (Å²) in [6.45, 7) is 3.68. The lowest BCUT2D eigenvalue weighted by Gasteiger charge is -2.65. The third kappa shape index (κ3) is 2.35. The number of fused-ring (bicyclic) bond motifs is 1. The quantitative estimate of drug-likeness (QED) is 0.765. The third-order valence-electron chi connectivity index (χ3n) is 7.88. The number of rotatable bonds is 2. The molecule has 0 unspecified atom stereocenters. The number of hydrogen-bond donors (Lipinski definition) is 2. The van der Waals surface area contributed by atoms with Gasteiger partial charge in [-0.05, 0) is 80.1 Å². The number of likely N-dealkylation sites (tertiary alicyclic amines) is 1. The SMILES string of the molecule is CN1CC[C@@]23CCCC[C@]2(C)[C@@H]1Cc1cc(Nc2ccccn2)c(O)cc13. The van der Waals surface area contributed by atoms with Crippen molar-refractivity contribution >= 4 is 11.5 Å². The highest BCUT2D eigenvalue weighted by molar-refractivity contribution is 5.67. The Hall–Kier alpha value is -2.07. The molecule has 142 valence electrons. The molecule has 0 amide bonds. The van der Waals surface area contributed by atoms with Crippen LogP contribution in [0.1, 0.15) is 50.2 Å². The molecular weight excluding hydrogens is 334 g/mol. The minimum atomic E-state index is 0.219. The van der Waals surface area contributed by atoms with Gasteiger partial charge in [0.25, 0.3) is 0 Å². The van der Waals surface area contributed by atoms with E-state index in [-0.39, 0.29) is 5.41 Å². The van der Waals surface area contributed by atoms with Gasteiger partial charge in [0.05, 0.1) is 5.69 Å². The highest BCUT2D eigenvalue weighted by atomic mass is 16.3. The first-order valence-electron chi connectivity index (χ1n) is 10.3. The van der Waals surface area contributed by atoms with Crippen molar-refractivity contribution in [1.82, 2.24) is 9.88 Å². The van der Waals surface area contributed by atoms with E-state index in [1.54, 1.807) is 6.20 Å². The fourth-order valence-corrected chi connectivity index (χ4v) is 6.44. The molecule has 1 saturated heterocycles. The maximum Gasteiger partial charge on any atom is 0.139 e. The second-order valence-corrected chi connectivity index (χ2v) is 9.02. The van der Waals surface area contributed by atoms with Gasteiger partial charge in [-0.15, -0.1) is 0 Å². The minimum absolute atomic E-state index is 0.219. The Labute approximate surface area is 161 Å². The van der Waals surface area contributed by atoms with Crippen LogP contribution >= 0.6 is 0 Å². The van der Waals surface area contributed by atoms with Crippen molar-refractivity contribution in [2.75, 3.05) is 18.9 Å². The van der Waals surface area contributed by atoms with Crippen LogP contribution in [0.4, 0.5) is 11.5 Å². The molecule has 3 aliphatic rings. The van der Waals surface area contributed by atoms with Crippen LogP contribution in [-0.4, -0.2) is 34.6 Å². The smallest absolute Gasteiger partial charge is 0.139 e. The largest absolute Gasteiger partial charge is 0.506 e. The van der Waals surface area contributed by atoms with Crippen LogP contribution < -0.4 is 5.32 Å². The molecule has 2 fully saturated rings. The average molecular weight is 364 g/mol. The molecule has 4 nitrogen and oxygen atoms in total. The van der Waals surface area contributed by atoms with E-state index in [4.69, 9.17) is 0 Å². The van der Waals surface area contributed by atoms with E-state index in [2.05, 4.69) is 41.3 Å². The molecule has 27 heavy (non-hydrogen) atoms. The van der Waals surface area contributed by atoms with E-state index >= 15 is 0 Å². The molecule has 4 heteroatoms. The summed E-state index contributed by atoms with van der Waals surface area (Å²) in [5, 5.41) is 14.2. The van der Waals surface area contributed by atoms with Gasteiger partial charge in [0.15, 0.2) is 0 Å². The first-order chi connectivity index (χ1) is 13.0. The van der Waals surface area contributed by atoms with Gasteiger partial charge in [-0.2, -0.15) is 0 Å². The zero-order chi connectivity index (χ0) is 18.6. The Bertz CT molecular complexity index is 867. The molecule has 1 aromatic heterocycles. The fourth-order valence-electron chi connectivity index (χ4n) is 6.44. The van der Waals surface area contributed by atoms with E-state index in [1.807, 2.05) is 18.2 Å². The molecule has 2 heterocycles. The number of benzene rings is 1. The Morgan fingerprint density at radius 2 is 2.04 bits per heavy atom. The number of aromatic nitrogens is 1. The molecule has 2 aliphatic carbocycles. The molecule has 5 rings (SSSR count). The van der Waals surface area contributed by atoms with Crippen LogP contribution in [0.2, 0.25) is 0 Å². The molecule has 1 saturated carbocycles. The number of hydrogen-bond acceptors (Lipinski definition) is 4. The molecular formula is C23H29N3O. The van der Waals surface area contributed by atoms with Crippen molar-refractivity contribution < 1.29 is 5.11 Å². The zero-order valence-corrected chi connectivity index (χ0v) is 16.3. The van der Waals surface area contributed by atoms with E-state index in [0.717, 1.165) is 24.5 Å². The molecule has 0 radical (unpaired) electrons. The van der Waals surface area contributed by atoms with E-state index < -0.39 is 0 Å². The number of phenolic OH excluding ortho intramolecular Hbond substituents is 1. The first-order valence-corrected chi connectivity index (χ1v) is 10.3. The number of pyridine rings is 1. The molecule has 1 aromatic carbocycles. The number of piperidine rings is 1. The summed E-state index contributed by atoms with van der Waals surface area (Å²) in [5.41, 5.74) is 4.12. The number of nitrogens with zero attached hydrogens (tertiary/aromatic N) is 2.